The summed E-state index contributed by atoms with van der Waals surface area (Å²) in [6, 6.07) is 9.25. The average Bonchev–Trinajstić information content (AvgIpc) is 2.84. The van der Waals surface area contributed by atoms with E-state index in [0.29, 0.717) is 18.0 Å². The second kappa shape index (κ2) is 9.55. The number of fused-ring (bicyclic) bond motifs is 1. The summed E-state index contributed by atoms with van der Waals surface area (Å²) in [5, 5.41) is 23.9. The van der Waals surface area contributed by atoms with E-state index in [1.165, 1.54) is 0 Å². The van der Waals surface area contributed by atoms with Crippen LogP contribution in [0.5, 0.6) is 0 Å². The third-order valence-electron chi connectivity index (χ3n) is 6.05. The quantitative estimate of drug-likeness (QED) is 0.299. The number of esters is 1. The van der Waals surface area contributed by atoms with E-state index in [2.05, 4.69) is 25.5 Å². The number of rotatable bonds is 4. The number of nitrogens with one attached hydrogen (secondary N) is 2. The highest BCUT2D eigenvalue weighted by molar-refractivity contribution is 5.98. The van der Waals surface area contributed by atoms with Crippen LogP contribution in [0.25, 0.3) is 0 Å². The van der Waals surface area contributed by atoms with E-state index in [1.807, 2.05) is 43.5 Å². The molecule has 2 aliphatic rings. The number of benzene rings is 1. The minimum atomic E-state index is -0.587. The molecule has 0 amide bonds. The zero-order valence-corrected chi connectivity index (χ0v) is 18.7. The lowest BCUT2D eigenvalue weighted by Crippen LogP contribution is -2.37. The molecule has 1 atom stereocenters. The van der Waals surface area contributed by atoms with Crippen molar-refractivity contribution < 1.29 is 9.53 Å². The van der Waals surface area contributed by atoms with Gasteiger partial charge in [-0.15, -0.1) is 0 Å². The smallest absolute Gasteiger partial charge is 0.309 e. The molecule has 1 fully saturated rings. The molecule has 11 nitrogen and oxygen atoms in total. The van der Waals surface area contributed by atoms with Crippen molar-refractivity contribution in [1.82, 2.24) is 10.3 Å². The first-order chi connectivity index (χ1) is 16.5. The number of pyridine rings is 1. The minimum absolute atomic E-state index is 0.00442. The molecule has 1 unspecified atom stereocenters. The Kier molecular flexibility index (Phi) is 6.37. The monoisotopic (exact) mass is 459 g/mol. The van der Waals surface area contributed by atoms with Gasteiger partial charge in [0.05, 0.1) is 18.2 Å². The zero-order valence-electron chi connectivity index (χ0n) is 18.7. The highest BCUT2D eigenvalue weighted by atomic mass is 16.5. The molecular weight excluding hydrogens is 434 g/mol. The molecular formula is C23H25N9O2. The Labute approximate surface area is 197 Å². The molecule has 0 aliphatic carbocycles. The van der Waals surface area contributed by atoms with Gasteiger partial charge in [-0.25, -0.2) is 9.98 Å². The van der Waals surface area contributed by atoms with E-state index >= 15 is 0 Å². The van der Waals surface area contributed by atoms with Gasteiger partial charge in [0.2, 0.25) is 5.96 Å². The predicted molar refractivity (Wildman–Crippen MR) is 127 cm³/mol. The Bertz CT molecular complexity index is 1200. The fraction of sp³-hybridized carbons (Fsp3) is 0.348. The van der Waals surface area contributed by atoms with Crippen LogP contribution in [-0.2, 0) is 9.53 Å². The Hall–Kier alpha value is -4.51. The van der Waals surface area contributed by atoms with Crippen LogP contribution < -0.4 is 27.0 Å². The second-order valence-electron chi connectivity index (χ2n) is 8.01. The normalized spacial score (nSPS) is 17.4. The maximum absolute atomic E-state index is 12.0. The maximum atomic E-state index is 12.0. The Morgan fingerprint density at radius 1 is 1.26 bits per heavy atom. The van der Waals surface area contributed by atoms with E-state index in [1.54, 1.807) is 0 Å². The second-order valence-corrected chi connectivity index (χ2v) is 8.01. The number of anilines is 4. The van der Waals surface area contributed by atoms with Gasteiger partial charge in [0.1, 0.15) is 29.3 Å². The summed E-state index contributed by atoms with van der Waals surface area (Å²) in [7, 11) is 0. The van der Waals surface area contributed by atoms with Crippen LogP contribution in [0.4, 0.5) is 23.0 Å². The van der Waals surface area contributed by atoms with Crippen LogP contribution in [0.15, 0.2) is 29.3 Å². The van der Waals surface area contributed by atoms with Crippen LogP contribution in [0.3, 0.4) is 0 Å². The first-order valence-corrected chi connectivity index (χ1v) is 11.0. The highest BCUT2D eigenvalue weighted by Gasteiger charge is 2.30. The van der Waals surface area contributed by atoms with E-state index < -0.39 is 6.04 Å². The number of carbonyl (C=O) groups is 1. The number of carbonyl (C=O) groups excluding carboxylic acids is 1. The number of nitrogens with zero attached hydrogens (tertiary/aromatic N) is 5. The molecule has 1 saturated heterocycles. The molecule has 6 N–H and O–H groups in total. The number of ether oxygens (including phenoxy) is 1. The third-order valence-corrected chi connectivity index (χ3v) is 6.05. The summed E-state index contributed by atoms with van der Waals surface area (Å²) in [5.74, 6) is 0.382. The Balaban J connectivity index is 1.60. The SMILES string of the molecule is CCOC(=O)C1CCN(c2ccc(C3N=C(NC#N)Nc4nc(N)c(C#N)c(N)c43)cc2)CC1. The molecule has 0 radical (unpaired) electrons. The first kappa shape index (κ1) is 22.7. The summed E-state index contributed by atoms with van der Waals surface area (Å²) in [6.45, 7) is 3.74. The van der Waals surface area contributed by atoms with Crippen molar-refractivity contribution >= 4 is 34.9 Å². The molecule has 11 heteroatoms. The highest BCUT2D eigenvalue weighted by Crippen LogP contribution is 2.40. The van der Waals surface area contributed by atoms with Crippen molar-refractivity contribution in [3.63, 3.8) is 0 Å². The summed E-state index contributed by atoms with van der Waals surface area (Å²) in [5.41, 5.74) is 14.8. The van der Waals surface area contributed by atoms with Crippen LogP contribution in [0.2, 0.25) is 0 Å². The standard InChI is InChI=1S/C23H25N9O2/c1-2-34-22(33)14-7-9-32(10-8-14)15-5-3-13(4-6-15)19-17-18(26)16(11-24)20(27)30-21(17)31-23(29-19)28-12-25/h3-6,14,19H,2,7-10H2,1H3,(H6,26,27,28,29,30,31). The van der Waals surface area contributed by atoms with Gasteiger partial charge in [-0.3, -0.25) is 10.1 Å². The number of aromatic nitrogens is 1. The summed E-state index contributed by atoms with van der Waals surface area (Å²) < 4.78 is 5.15. The Morgan fingerprint density at radius 2 is 1.97 bits per heavy atom. The molecule has 0 bridgehead atoms. The third kappa shape index (κ3) is 4.24. The van der Waals surface area contributed by atoms with Gasteiger partial charge in [0.25, 0.3) is 0 Å². The Morgan fingerprint density at radius 3 is 2.59 bits per heavy atom. The molecule has 34 heavy (non-hydrogen) atoms. The van der Waals surface area contributed by atoms with Crippen molar-refractivity contribution in [2.75, 3.05) is 41.4 Å². The number of nitrogen functional groups attached to an aromatic ring is 2. The van der Waals surface area contributed by atoms with Crippen molar-refractivity contribution in [2.45, 2.75) is 25.8 Å². The van der Waals surface area contributed by atoms with Gasteiger partial charge in [0.15, 0.2) is 6.19 Å². The van der Waals surface area contributed by atoms with E-state index in [0.717, 1.165) is 37.2 Å². The molecule has 4 rings (SSSR count). The fourth-order valence-electron chi connectivity index (χ4n) is 4.32. The zero-order chi connectivity index (χ0) is 24.2. The van der Waals surface area contributed by atoms with Gasteiger partial charge in [-0.05, 0) is 37.5 Å². The maximum Gasteiger partial charge on any atom is 0.309 e. The topological polar surface area (TPSA) is 178 Å². The van der Waals surface area contributed by atoms with E-state index in [4.69, 9.17) is 21.5 Å². The number of hydrogen-bond acceptors (Lipinski definition) is 11. The first-order valence-electron chi connectivity index (χ1n) is 11.0. The van der Waals surface area contributed by atoms with Crippen LogP contribution in [0.1, 0.15) is 42.5 Å². The summed E-state index contributed by atoms with van der Waals surface area (Å²) >= 11 is 0. The molecule has 2 aliphatic heterocycles. The lowest BCUT2D eigenvalue weighted by atomic mass is 9.94. The van der Waals surface area contributed by atoms with Gasteiger partial charge in [-0.1, -0.05) is 12.1 Å². The van der Waals surface area contributed by atoms with Crippen LogP contribution in [-0.4, -0.2) is 36.6 Å². The van der Waals surface area contributed by atoms with Crippen molar-refractivity contribution in [1.29, 1.82) is 10.5 Å². The number of nitriles is 2. The number of guanidine groups is 1. The number of nitrogens with two attached hydrogens (primary N) is 2. The molecule has 0 spiro atoms. The largest absolute Gasteiger partial charge is 0.466 e. The summed E-state index contributed by atoms with van der Waals surface area (Å²) in [6.07, 6.45) is 3.33. The molecule has 0 saturated carbocycles. The van der Waals surface area contributed by atoms with Gasteiger partial charge in [0, 0.05) is 24.3 Å². The molecule has 1 aromatic carbocycles. The van der Waals surface area contributed by atoms with Gasteiger partial charge >= 0.3 is 5.97 Å². The fourth-order valence-corrected chi connectivity index (χ4v) is 4.32. The van der Waals surface area contributed by atoms with E-state index in [-0.39, 0.29) is 34.9 Å². The van der Waals surface area contributed by atoms with Gasteiger partial charge < -0.3 is 26.4 Å². The van der Waals surface area contributed by atoms with Crippen LogP contribution >= 0.6 is 0 Å². The van der Waals surface area contributed by atoms with Gasteiger partial charge in [-0.2, -0.15) is 10.5 Å². The summed E-state index contributed by atoms with van der Waals surface area (Å²) in [4.78, 5) is 23.1. The number of piperidine rings is 1. The molecule has 3 heterocycles. The van der Waals surface area contributed by atoms with Crippen molar-refractivity contribution in [3.8, 4) is 12.3 Å². The predicted octanol–water partition coefficient (Wildman–Crippen LogP) is 1.84. The lowest BCUT2D eigenvalue weighted by Gasteiger charge is -2.33. The van der Waals surface area contributed by atoms with Crippen LogP contribution in [0, 0.1) is 28.7 Å². The van der Waals surface area contributed by atoms with Crippen molar-refractivity contribution in [3.05, 3.63) is 41.0 Å². The molecule has 174 valence electrons. The van der Waals surface area contributed by atoms with Crippen molar-refractivity contribution in [2.24, 2.45) is 10.9 Å². The minimum Gasteiger partial charge on any atom is -0.466 e. The lowest BCUT2D eigenvalue weighted by molar-refractivity contribution is -0.148. The number of aliphatic imine (C=N–C) groups is 1. The van der Waals surface area contributed by atoms with E-state index in [9.17, 15) is 10.1 Å². The molecule has 1 aromatic heterocycles. The molecule has 2 aromatic rings. The number of hydrogen-bond donors (Lipinski definition) is 4. The average molecular weight is 460 g/mol.